The average Bonchev–Trinajstić information content (AvgIpc) is 2.67. The highest BCUT2D eigenvalue weighted by Gasteiger charge is 2.14. The van der Waals surface area contributed by atoms with Gasteiger partial charge < -0.3 is 10.2 Å². The summed E-state index contributed by atoms with van der Waals surface area (Å²) in [7, 11) is 0. The Labute approximate surface area is 90.7 Å². The molecule has 5 heteroatoms. The monoisotopic (exact) mass is 222 g/mol. The molecule has 1 aromatic heterocycles. The number of aromatic nitrogens is 1. The number of hydrogen-bond acceptors (Lipinski definition) is 3. The van der Waals surface area contributed by atoms with Crippen molar-refractivity contribution >= 4 is 17.5 Å². The molecule has 0 aliphatic rings. The van der Waals surface area contributed by atoms with E-state index in [1.807, 2.05) is 0 Å². The fourth-order valence-electron chi connectivity index (χ4n) is 1.23. The summed E-state index contributed by atoms with van der Waals surface area (Å²) in [6.07, 6.45) is 1.18. The molecule has 0 spiro atoms. The van der Waals surface area contributed by atoms with Crippen LogP contribution in [-0.4, -0.2) is 10.9 Å². The number of carbonyl (C=O) groups excluding carboxylic acids is 1. The van der Waals surface area contributed by atoms with Crippen LogP contribution in [0.4, 0.5) is 0 Å². The van der Waals surface area contributed by atoms with Crippen LogP contribution in [0.1, 0.15) is 10.5 Å². The standard InChI is InChI=1S/C10H7ClN2O2/c11-7-3-1-6(2-4-7)9-8(10(12)14)13-5-15-9/h1-5H,(H2,12,14). The summed E-state index contributed by atoms with van der Waals surface area (Å²) in [5.41, 5.74) is 5.97. The van der Waals surface area contributed by atoms with Crippen molar-refractivity contribution in [1.29, 1.82) is 0 Å². The van der Waals surface area contributed by atoms with E-state index in [9.17, 15) is 4.79 Å². The minimum atomic E-state index is -0.617. The maximum absolute atomic E-state index is 11.0. The SMILES string of the molecule is NC(=O)c1ncoc1-c1ccc(Cl)cc1. The Kier molecular flexibility index (Phi) is 2.43. The van der Waals surface area contributed by atoms with Crippen molar-refractivity contribution in [2.24, 2.45) is 5.73 Å². The van der Waals surface area contributed by atoms with Gasteiger partial charge in [-0.05, 0) is 24.3 Å². The topological polar surface area (TPSA) is 69.1 Å². The Balaban J connectivity index is 2.49. The highest BCUT2D eigenvalue weighted by molar-refractivity contribution is 6.30. The van der Waals surface area contributed by atoms with Crippen molar-refractivity contribution in [1.82, 2.24) is 4.98 Å². The molecule has 1 amide bonds. The molecule has 0 unspecified atom stereocenters. The lowest BCUT2D eigenvalue weighted by Gasteiger charge is -1.98. The first-order chi connectivity index (χ1) is 7.18. The third-order valence-electron chi connectivity index (χ3n) is 1.91. The van der Waals surface area contributed by atoms with Crippen molar-refractivity contribution < 1.29 is 9.21 Å². The predicted molar refractivity (Wildman–Crippen MR) is 55.5 cm³/mol. The first kappa shape index (κ1) is 9.73. The van der Waals surface area contributed by atoms with Gasteiger partial charge in [0.15, 0.2) is 17.8 Å². The lowest BCUT2D eigenvalue weighted by molar-refractivity contribution is 0.0996. The minimum Gasteiger partial charge on any atom is -0.443 e. The summed E-state index contributed by atoms with van der Waals surface area (Å²) in [6, 6.07) is 6.86. The number of primary amides is 1. The van der Waals surface area contributed by atoms with Crippen LogP contribution in [0.3, 0.4) is 0 Å². The van der Waals surface area contributed by atoms with E-state index in [0.717, 1.165) is 0 Å². The number of carbonyl (C=O) groups is 1. The Morgan fingerprint density at radius 3 is 2.60 bits per heavy atom. The lowest BCUT2D eigenvalue weighted by Crippen LogP contribution is -2.12. The second kappa shape index (κ2) is 3.74. The third kappa shape index (κ3) is 1.85. The van der Waals surface area contributed by atoms with Crippen LogP contribution in [0.25, 0.3) is 11.3 Å². The van der Waals surface area contributed by atoms with Crippen LogP contribution in [0, 0.1) is 0 Å². The van der Waals surface area contributed by atoms with Crippen LogP contribution >= 0.6 is 11.6 Å². The summed E-state index contributed by atoms with van der Waals surface area (Å²) < 4.78 is 5.10. The van der Waals surface area contributed by atoms with Crippen LogP contribution < -0.4 is 5.73 Å². The van der Waals surface area contributed by atoms with Crippen molar-refractivity contribution in [3.63, 3.8) is 0 Å². The first-order valence-corrected chi connectivity index (χ1v) is 4.55. The third-order valence-corrected chi connectivity index (χ3v) is 2.16. The maximum Gasteiger partial charge on any atom is 0.271 e. The zero-order valence-corrected chi connectivity index (χ0v) is 8.36. The van der Waals surface area contributed by atoms with Gasteiger partial charge in [0.25, 0.3) is 5.91 Å². The molecule has 15 heavy (non-hydrogen) atoms. The van der Waals surface area contributed by atoms with Gasteiger partial charge >= 0.3 is 0 Å². The molecule has 0 bridgehead atoms. The van der Waals surface area contributed by atoms with Crippen LogP contribution in [0.5, 0.6) is 0 Å². The molecule has 76 valence electrons. The lowest BCUT2D eigenvalue weighted by atomic mass is 10.1. The number of rotatable bonds is 2. The molecule has 2 N–H and O–H groups in total. The molecule has 0 atom stereocenters. The normalized spacial score (nSPS) is 10.2. The Hall–Kier alpha value is -1.81. The van der Waals surface area contributed by atoms with Gasteiger partial charge in [-0.1, -0.05) is 11.6 Å². The van der Waals surface area contributed by atoms with E-state index >= 15 is 0 Å². The molecule has 1 heterocycles. The Morgan fingerprint density at radius 2 is 2.00 bits per heavy atom. The fourth-order valence-corrected chi connectivity index (χ4v) is 1.35. The van der Waals surface area contributed by atoms with Gasteiger partial charge in [0, 0.05) is 10.6 Å². The summed E-state index contributed by atoms with van der Waals surface area (Å²) in [5, 5.41) is 0.610. The molecule has 0 saturated heterocycles. The van der Waals surface area contributed by atoms with E-state index in [2.05, 4.69) is 4.98 Å². The highest BCUT2D eigenvalue weighted by atomic mass is 35.5. The molecule has 0 aliphatic heterocycles. The zero-order valence-electron chi connectivity index (χ0n) is 7.61. The van der Waals surface area contributed by atoms with E-state index in [1.54, 1.807) is 24.3 Å². The average molecular weight is 223 g/mol. The first-order valence-electron chi connectivity index (χ1n) is 4.17. The highest BCUT2D eigenvalue weighted by Crippen LogP contribution is 2.24. The molecule has 2 rings (SSSR count). The largest absolute Gasteiger partial charge is 0.443 e. The van der Waals surface area contributed by atoms with Crippen LogP contribution in [-0.2, 0) is 0 Å². The number of benzene rings is 1. The van der Waals surface area contributed by atoms with Gasteiger partial charge in [0.1, 0.15) is 0 Å². The van der Waals surface area contributed by atoms with E-state index in [-0.39, 0.29) is 5.69 Å². The van der Waals surface area contributed by atoms with Crippen molar-refractivity contribution in [2.45, 2.75) is 0 Å². The summed E-state index contributed by atoms with van der Waals surface area (Å²) in [5.74, 6) is -0.257. The molecular weight excluding hydrogens is 216 g/mol. The second-order valence-corrected chi connectivity index (χ2v) is 3.34. The van der Waals surface area contributed by atoms with Crippen LogP contribution in [0.2, 0.25) is 5.02 Å². The van der Waals surface area contributed by atoms with E-state index in [4.69, 9.17) is 21.8 Å². The molecule has 1 aromatic carbocycles. The molecule has 2 aromatic rings. The number of hydrogen-bond donors (Lipinski definition) is 1. The van der Waals surface area contributed by atoms with Gasteiger partial charge in [-0.25, -0.2) is 4.98 Å². The van der Waals surface area contributed by atoms with E-state index < -0.39 is 5.91 Å². The van der Waals surface area contributed by atoms with Crippen molar-refractivity contribution in [2.75, 3.05) is 0 Å². The van der Waals surface area contributed by atoms with Gasteiger partial charge in [-0.3, -0.25) is 4.79 Å². The van der Waals surface area contributed by atoms with Gasteiger partial charge in [0.2, 0.25) is 0 Å². The van der Waals surface area contributed by atoms with Crippen molar-refractivity contribution in [3.8, 4) is 11.3 Å². The quantitative estimate of drug-likeness (QED) is 0.846. The van der Waals surface area contributed by atoms with E-state index in [1.165, 1.54) is 6.39 Å². The summed E-state index contributed by atoms with van der Waals surface area (Å²) >= 11 is 5.74. The number of nitrogens with two attached hydrogens (primary N) is 1. The Morgan fingerprint density at radius 1 is 1.33 bits per heavy atom. The second-order valence-electron chi connectivity index (χ2n) is 2.90. The molecule has 0 radical (unpaired) electrons. The molecule has 4 nitrogen and oxygen atoms in total. The van der Waals surface area contributed by atoms with Gasteiger partial charge in [-0.2, -0.15) is 0 Å². The van der Waals surface area contributed by atoms with Crippen LogP contribution in [0.15, 0.2) is 35.1 Å². The number of oxazole rings is 1. The molecule has 0 aliphatic carbocycles. The van der Waals surface area contributed by atoms with Gasteiger partial charge in [0.05, 0.1) is 0 Å². The fraction of sp³-hybridized carbons (Fsp3) is 0. The zero-order chi connectivity index (χ0) is 10.8. The number of amides is 1. The van der Waals surface area contributed by atoms with Gasteiger partial charge in [-0.15, -0.1) is 0 Å². The molecule has 0 saturated carbocycles. The maximum atomic E-state index is 11.0. The smallest absolute Gasteiger partial charge is 0.271 e. The molecular formula is C10H7ClN2O2. The van der Waals surface area contributed by atoms with E-state index in [0.29, 0.717) is 16.3 Å². The molecule has 0 fully saturated rings. The number of halogens is 1. The minimum absolute atomic E-state index is 0.123. The van der Waals surface area contributed by atoms with Crippen molar-refractivity contribution in [3.05, 3.63) is 41.4 Å². The predicted octanol–water partition coefficient (Wildman–Crippen LogP) is 2.09. The summed E-state index contributed by atoms with van der Waals surface area (Å²) in [4.78, 5) is 14.7. The summed E-state index contributed by atoms with van der Waals surface area (Å²) in [6.45, 7) is 0. The Bertz CT molecular complexity index is 490. The number of nitrogens with zero attached hydrogens (tertiary/aromatic N) is 1.